The Morgan fingerprint density at radius 2 is 0.898 bits per heavy atom. The number of halogens is 12. The molecule has 7 unspecified atom stereocenters. The van der Waals surface area contributed by atoms with Gasteiger partial charge < -0.3 is 66.3 Å². The number of carbonyl (C=O) groups is 8. The first-order valence-corrected chi connectivity index (χ1v) is 44.0. The monoisotopic (exact) mass is 1830 g/mol. The van der Waals surface area contributed by atoms with Crippen molar-refractivity contribution in [1.29, 1.82) is 0 Å². The van der Waals surface area contributed by atoms with E-state index in [4.69, 9.17) is 66.3 Å². The van der Waals surface area contributed by atoms with Crippen molar-refractivity contribution in [2.45, 2.75) is 379 Å². The van der Waals surface area contributed by atoms with Gasteiger partial charge in [0.05, 0.1) is 38.2 Å². The van der Waals surface area contributed by atoms with Gasteiger partial charge in [-0.15, -0.1) is 0 Å². The number of alkyl halides is 3. The molecule has 1 N–H and O–H groups in total. The van der Waals surface area contributed by atoms with E-state index in [9.17, 15) is 96.3 Å². The second-order valence-electron chi connectivity index (χ2n) is 40.7. The summed E-state index contributed by atoms with van der Waals surface area (Å²) in [6.07, 6.45) is -9.06. The van der Waals surface area contributed by atoms with E-state index in [1.165, 1.54) is 32.1 Å². The van der Waals surface area contributed by atoms with Crippen LogP contribution < -0.4 is 0 Å². The normalized spacial score (nSPS) is 29.9. The van der Waals surface area contributed by atoms with Crippen molar-refractivity contribution >= 4 is 47.8 Å². The lowest BCUT2D eigenvalue weighted by atomic mass is 9.67. The predicted molar refractivity (Wildman–Crippen MR) is 425 cm³/mol. The van der Waals surface area contributed by atoms with E-state index in [0.29, 0.717) is 42.9 Å². The highest BCUT2D eigenvalue weighted by Gasteiger charge is 2.76. The minimum Gasteiger partial charge on any atom is -0.461 e. The second-order valence-corrected chi connectivity index (χ2v) is 40.7. The molecule has 2 bridgehead atoms. The van der Waals surface area contributed by atoms with Crippen LogP contribution >= 0.6 is 0 Å². The first-order valence-electron chi connectivity index (χ1n) is 44.0. The molecule has 718 valence electrons. The number of benzene rings is 2. The van der Waals surface area contributed by atoms with E-state index < -0.39 is 236 Å². The SMILES string of the molecule is CCC(C)(C)C(=O)OC(C(C)C)C(C)C.CCC(C)(C)C(=O)OC(C)(C)C1CCCCC1.CCC(C)(C)C(=O)OC1C2CC3C1OC(=O)C3(C(OO)c1c(F)c(F)c(C(F)(F)F)c(F)c1F)C2.CCC(C)(C)C(=O)O[C@@H]1C(=O)O[C@@H]2[C@H]3OC(c4c(F)c(F)c(F)c(F)c4F)O[C@H]3O[C@@H]21.CCC(C)(C)C(=O)O[C@@H]1C(=O)O[C@@H]2[C@H]3OC4(CCC(C(C)(C)C)CC4)O[C@H]3O[C@@H]21. The van der Waals surface area contributed by atoms with Gasteiger partial charge in [0.2, 0.25) is 18.0 Å². The molecule has 127 heavy (non-hydrogen) atoms. The van der Waals surface area contributed by atoms with Crippen molar-refractivity contribution in [3.8, 4) is 0 Å². The van der Waals surface area contributed by atoms with Crippen molar-refractivity contribution in [2.24, 2.45) is 73.4 Å². The number of ether oxygens (including phenoxy) is 14. The molecule has 17 atom stereocenters. The number of esters is 8. The highest BCUT2D eigenvalue weighted by molar-refractivity contribution is 5.86. The highest BCUT2D eigenvalue weighted by atomic mass is 19.4. The highest BCUT2D eigenvalue weighted by Crippen LogP contribution is 2.68. The smallest absolute Gasteiger partial charge is 0.422 e. The van der Waals surface area contributed by atoms with Crippen molar-refractivity contribution in [3.05, 3.63) is 69.0 Å². The van der Waals surface area contributed by atoms with Gasteiger partial charge in [0.15, 0.2) is 95.6 Å². The second kappa shape index (κ2) is 38.7. The summed E-state index contributed by atoms with van der Waals surface area (Å²) in [4.78, 5) is 103. The Morgan fingerprint density at radius 1 is 0.465 bits per heavy atom. The fourth-order valence-corrected chi connectivity index (χ4v) is 17.6. The molecule has 13 rings (SSSR count). The van der Waals surface area contributed by atoms with E-state index in [1.54, 1.807) is 55.4 Å². The third-order valence-electron chi connectivity index (χ3n) is 28.1. The van der Waals surface area contributed by atoms with E-state index >= 15 is 0 Å². The summed E-state index contributed by atoms with van der Waals surface area (Å²) < 4.78 is 243. The van der Waals surface area contributed by atoms with Gasteiger partial charge in [0.1, 0.15) is 53.2 Å². The average Bonchev–Trinajstić information content (AvgIpc) is 1.52. The summed E-state index contributed by atoms with van der Waals surface area (Å²) >= 11 is 0. The molecule has 4 aliphatic carbocycles. The lowest BCUT2D eigenvalue weighted by molar-refractivity contribution is -0.309. The standard InChI is InChI=1S/C22H21F7O6.C22H34O7.C19H17F5O7.C15H28O2.C13H26O2/c1-4-20(2,3)18(30)33-15-7-5-8-16(15)34-19(31)21(8,6-7)17(35-32)9-11(23)13(25)10(22(27,28)29)14(26)12(9)24;1-7-21(5,6)19(24)27-15-13-14(25-17(15)23)16-18(26-13)29-22(28-16)10-8-12(9-11-22)20(2,3)4;1-4-19(2,3)18(26)30-13-11-12(27-15(13)25)14-17(28-11)31-16(29-14)5-6(20)8(22)10(24)9(23)7(5)21;1-6-14(2,3)13(16)17-15(4,5)12-10-8-7-9-11-12;1-8-13(6,7)12(14)15-11(9(2)3)10(4)5/h7-8,15-17,32H,4-6H2,1-3H3;12-16,18H,7-11H2,1-6H3;11-14,16-17H,4H2,1-3H3;12H,6-11H2,1-5H3;9-11H,8H2,1-7H3/t;12?,13-,14-,15-,16+,18+,22?;11-,12-,13-,14+,16?,17+;;/m.00../s1. The number of rotatable bonds is 22. The van der Waals surface area contributed by atoms with Crippen LogP contribution in [-0.2, 0) is 116 Å². The van der Waals surface area contributed by atoms with E-state index in [-0.39, 0.29) is 52.7 Å². The average molecular weight is 1830 g/mol. The minimum atomic E-state index is -5.77. The van der Waals surface area contributed by atoms with Crippen LogP contribution in [-0.4, -0.2) is 144 Å². The zero-order valence-corrected chi connectivity index (χ0v) is 76.8. The van der Waals surface area contributed by atoms with Crippen LogP contribution in [0.5, 0.6) is 0 Å². The summed E-state index contributed by atoms with van der Waals surface area (Å²) in [5, 5.41) is 9.52. The number of hydrogen-bond donors (Lipinski definition) is 1. The molecule has 0 radical (unpaired) electrons. The molecular formula is C91H126F12O24. The van der Waals surface area contributed by atoms with E-state index in [2.05, 4.69) is 67.2 Å². The van der Waals surface area contributed by atoms with Crippen molar-refractivity contribution in [3.63, 3.8) is 0 Å². The third-order valence-corrected chi connectivity index (χ3v) is 28.1. The lowest BCUT2D eigenvalue weighted by Crippen LogP contribution is -2.45. The quantitative estimate of drug-likeness (QED) is 0.0218. The molecule has 1 spiro atoms. The maximum atomic E-state index is 14.7. The Kier molecular flexibility index (Phi) is 31.6. The van der Waals surface area contributed by atoms with E-state index in [1.807, 2.05) is 48.5 Å². The van der Waals surface area contributed by atoms with Gasteiger partial charge >= 0.3 is 53.9 Å². The predicted octanol–water partition coefficient (Wildman–Crippen LogP) is 19.2. The van der Waals surface area contributed by atoms with Crippen LogP contribution in [0.4, 0.5) is 52.7 Å². The van der Waals surface area contributed by atoms with Crippen LogP contribution in [0, 0.1) is 126 Å². The lowest BCUT2D eigenvalue weighted by Gasteiger charge is -2.41. The topological polar surface area (TPSA) is 295 Å². The first-order chi connectivity index (χ1) is 58.6. The molecule has 36 heteroatoms. The molecule has 4 saturated carbocycles. The molecule has 2 aromatic rings. The van der Waals surface area contributed by atoms with Gasteiger partial charge in [-0.25, -0.2) is 54.0 Å². The molecule has 11 fully saturated rings. The third kappa shape index (κ3) is 20.8. The summed E-state index contributed by atoms with van der Waals surface area (Å²) in [7, 11) is 0. The Balaban J connectivity index is 0.000000185. The van der Waals surface area contributed by atoms with Crippen LogP contribution in [0.2, 0.25) is 0 Å². The molecule has 7 saturated heterocycles. The van der Waals surface area contributed by atoms with Gasteiger partial charge in [0, 0.05) is 24.7 Å². The van der Waals surface area contributed by atoms with Gasteiger partial charge in [-0.3, -0.25) is 34.0 Å². The summed E-state index contributed by atoms with van der Waals surface area (Å²) in [5.74, 6) is -26.0. The number of carbonyl (C=O) groups excluding carboxylic acids is 8. The van der Waals surface area contributed by atoms with Crippen LogP contribution in [0.15, 0.2) is 0 Å². The Morgan fingerprint density at radius 3 is 1.34 bits per heavy atom. The van der Waals surface area contributed by atoms with Gasteiger partial charge in [-0.1, -0.05) is 102 Å². The Bertz CT molecular complexity index is 4290. The van der Waals surface area contributed by atoms with Crippen LogP contribution in [0.1, 0.15) is 298 Å². The van der Waals surface area contributed by atoms with Gasteiger partial charge in [0.25, 0.3) is 0 Å². The summed E-state index contributed by atoms with van der Waals surface area (Å²) in [6.45, 7) is 46.7. The maximum Gasteiger partial charge on any atom is 0.422 e. The van der Waals surface area contributed by atoms with Gasteiger partial charge in [-0.2, -0.15) is 13.2 Å². The number of hydrogen-bond acceptors (Lipinski definition) is 24. The molecule has 0 amide bonds. The Hall–Kier alpha value is -6.96. The zero-order chi connectivity index (χ0) is 95.6. The van der Waals surface area contributed by atoms with Crippen molar-refractivity contribution < 1.29 is 168 Å². The Labute approximate surface area is 733 Å². The molecule has 0 aromatic heterocycles. The van der Waals surface area contributed by atoms with Crippen molar-refractivity contribution in [1.82, 2.24) is 0 Å². The first kappa shape index (κ1) is 104. The van der Waals surface area contributed by atoms with Crippen molar-refractivity contribution in [2.75, 3.05) is 0 Å². The van der Waals surface area contributed by atoms with E-state index in [0.717, 1.165) is 38.5 Å². The molecule has 2 aromatic carbocycles. The molecule has 7 heterocycles. The van der Waals surface area contributed by atoms with Crippen LogP contribution in [0.25, 0.3) is 0 Å². The fourth-order valence-electron chi connectivity index (χ4n) is 17.6. The zero-order valence-electron chi connectivity index (χ0n) is 76.8. The molecule has 24 nitrogen and oxygen atoms in total. The largest absolute Gasteiger partial charge is 0.461 e. The molecular weight excluding hydrogens is 1700 g/mol. The summed E-state index contributed by atoms with van der Waals surface area (Å²) in [6, 6.07) is 0. The molecule has 11 aliphatic rings. The fraction of sp³-hybridized carbons (Fsp3) is 0.780. The molecule has 7 aliphatic heterocycles. The van der Waals surface area contributed by atoms with Gasteiger partial charge in [-0.05, 0) is 183 Å². The summed E-state index contributed by atoms with van der Waals surface area (Å²) in [5.41, 5.74) is -11.1. The number of fused-ring (bicyclic) bond motifs is 7. The maximum absolute atomic E-state index is 14.7. The minimum absolute atomic E-state index is 0.0309. The van der Waals surface area contributed by atoms with Crippen LogP contribution in [0.3, 0.4) is 0 Å².